The van der Waals surface area contributed by atoms with Crippen molar-refractivity contribution in [1.29, 1.82) is 0 Å². The highest BCUT2D eigenvalue weighted by Crippen LogP contribution is 2.45. The van der Waals surface area contributed by atoms with E-state index in [0.29, 0.717) is 17.5 Å². The van der Waals surface area contributed by atoms with Gasteiger partial charge in [-0.1, -0.05) is 127 Å². The Labute approximate surface area is 341 Å². The number of aromatic nitrogens is 4. The third kappa shape index (κ3) is 4.87. The number of nitrogens with zero attached hydrogens (tertiary/aromatic N) is 4. The molecular formula is C53H30N4OS. The van der Waals surface area contributed by atoms with Crippen molar-refractivity contribution in [3.05, 3.63) is 182 Å². The number of thiophene rings is 1. The van der Waals surface area contributed by atoms with Gasteiger partial charge in [-0.25, -0.2) is 15.0 Å². The number of hydrogen-bond donors (Lipinski definition) is 0. The van der Waals surface area contributed by atoms with Crippen molar-refractivity contribution in [2.75, 3.05) is 0 Å². The summed E-state index contributed by atoms with van der Waals surface area (Å²) in [4.78, 5) is 16.2. The van der Waals surface area contributed by atoms with Gasteiger partial charge >= 0.3 is 0 Å². The topological polar surface area (TPSA) is 56.7 Å². The highest BCUT2D eigenvalue weighted by molar-refractivity contribution is 7.25. The van der Waals surface area contributed by atoms with Crippen molar-refractivity contribution in [2.45, 2.75) is 0 Å². The molecule has 0 unspecified atom stereocenters. The van der Waals surface area contributed by atoms with Crippen LogP contribution < -0.4 is 0 Å². The average molecular weight is 771 g/mol. The summed E-state index contributed by atoms with van der Waals surface area (Å²) < 4.78 is 11.5. The highest BCUT2D eigenvalue weighted by Gasteiger charge is 2.25. The Bertz CT molecular complexity index is 3870. The van der Waals surface area contributed by atoms with Crippen LogP contribution in [0.3, 0.4) is 0 Å². The fourth-order valence-electron chi connectivity index (χ4n) is 9.14. The molecule has 0 saturated carbocycles. The van der Waals surface area contributed by atoms with Crippen molar-refractivity contribution in [3.8, 4) is 39.9 Å². The number of para-hydroxylation sites is 2. The van der Waals surface area contributed by atoms with Crippen LogP contribution in [0.2, 0.25) is 0 Å². The lowest BCUT2D eigenvalue weighted by Crippen LogP contribution is -2.04. The van der Waals surface area contributed by atoms with Gasteiger partial charge in [0.1, 0.15) is 11.2 Å². The van der Waals surface area contributed by atoms with Crippen molar-refractivity contribution in [2.24, 2.45) is 0 Å². The Morgan fingerprint density at radius 1 is 0.390 bits per heavy atom. The number of benzene rings is 9. The van der Waals surface area contributed by atoms with E-state index in [9.17, 15) is 0 Å². The fourth-order valence-corrected chi connectivity index (χ4v) is 10.3. The fraction of sp³-hybridized carbons (Fsp3) is 0. The third-order valence-electron chi connectivity index (χ3n) is 11.8. The summed E-state index contributed by atoms with van der Waals surface area (Å²) in [6.07, 6.45) is 0. The Kier molecular flexibility index (Phi) is 6.82. The Balaban J connectivity index is 1.18. The van der Waals surface area contributed by atoms with Crippen LogP contribution in [0.15, 0.2) is 186 Å². The molecule has 0 atom stereocenters. The average Bonchev–Trinajstić information content (AvgIpc) is 3.97. The first-order valence-electron chi connectivity index (χ1n) is 19.8. The van der Waals surface area contributed by atoms with Crippen molar-refractivity contribution in [3.63, 3.8) is 0 Å². The monoisotopic (exact) mass is 770 g/mol. The second kappa shape index (κ2) is 12.4. The molecule has 0 amide bonds. The van der Waals surface area contributed by atoms with E-state index in [2.05, 4.69) is 174 Å². The zero-order valence-corrected chi connectivity index (χ0v) is 32.2. The number of hydrogen-bond acceptors (Lipinski definition) is 5. The van der Waals surface area contributed by atoms with E-state index in [1.807, 2.05) is 12.1 Å². The first kappa shape index (κ1) is 32.4. The van der Waals surface area contributed by atoms with E-state index in [-0.39, 0.29) is 0 Å². The standard InChI is InChI=1S/C53H30N4OS/c1-2-13-32-28-35(25-24-31(32)12-1)51-54-52(39-19-11-23-47-48(39)38-18-7-10-22-46(38)59-47)56-53(55-51)40-26-27-45-49(37-17-6-9-21-44(37)58-45)50(40)57-42-20-8-5-16-36(42)41-29-33-14-3-4-15-34(33)30-43(41)57/h1-30H. The lowest BCUT2D eigenvalue weighted by Gasteiger charge is -2.16. The van der Waals surface area contributed by atoms with E-state index in [4.69, 9.17) is 19.4 Å². The van der Waals surface area contributed by atoms with Gasteiger partial charge in [0.05, 0.1) is 22.1 Å². The molecule has 13 aromatic rings. The Morgan fingerprint density at radius 2 is 1.05 bits per heavy atom. The molecule has 13 rings (SSSR count). The molecular weight excluding hydrogens is 741 g/mol. The lowest BCUT2D eigenvalue weighted by atomic mass is 10.0. The van der Waals surface area contributed by atoms with Gasteiger partial charge in [-0.3, -0.25) is 0 Å². The molecule has 9 aromatic carbocycles. The Hall–Kier alpha value is -7.67. The molecule has 0 saturated heterocycles. The smallest absolute Gasteiger partial charge is 0.166 e. The van der Waals surface area contributed by atoms with Gasteiger partial charge in [-0.15, -0.1) is 11.3 Å². The van der Waals surface area contributed by atoms with Crippen LogP contribution in [0.5, 0.6) is 0 Å². The molecule has 6 heteroatoms. The van der Waals surface area contributed by atoms with E-state index in [0.717, 1.165) is 66.1 Å². The second-order valence-corrected chi connectivity index (χ2v) is 16.2. The predicted molar refractivity (Wildman–Crippen MR) is 246 cm³/mol. The zero-order chi connectivity index (χ0) is 38.6. The number of fused-ring (bicyclic) bond motifs is 11. The van der Waals surface area contributed by atoms with Crippen LogP contribution in [-0.2, 0) is 0 Å². The predicted octanol–water partition coefficient (Wildman–Crippen LogP) is 14.5. The molecule has 0 N–H and O–H groups in total. The summed E-state index contributed by atoms with van der Waals surface area (Å²) in [5, 5.41) is 11.4. The van der Waals surface area contributed by atoms with Crippen LogP contribution in [0.4, 0.5) is 0 Å². The Morgan fingerprint density at radius 3 is 1.92 bits per heavy atom. The van der Waals surface area contributed by atoms with Crippen LogP contribution in [0.25, 0.3) is 125 Å². The largest absolute Gasteiger partial charge is 0.456 e. The maximum Gasteiger partial charge on any atom is 0.166 e. The molecule has 4 heterocycles. The zero-order valence-electron chi connectivity index (χ0n) is 31.4. The van der Waals surface area contributed by atoms with Gasteiger partial charge < -0.3 is 8.98 Å². The van der Waals surface area contributed by atoms with Gasteiger partial charge in [0.2, 0.25) is 0 Å². The first-order valence-corrected chi connectivity index (χ1v) is 20.6. The minimum atomic E-state index is 0.587. The molecule has 59 heavy (non-hydrogen) atoms. The highest BCUT2D eigenvalue weighted by atomic mass is 32.1. The molecule has 0 fully saturated rings. The molecule has 4 aromatic heterocycles. The maximum atomic E-state index is 6.62. The van der Waals surface area contributed by atoms with Crippen molar-refractivity contribution in [1.82, 2.24) is 19.5 Å². The maximum absolute atomic E-state index is 6.62. The molecule has 0 spiro atoms. The quantitative estimate of drug-likeness (QED) is 0.179. The summed E-state index contributed by atoms with van der Waals surface area (Å²) in [7, 11) is 0. The van der Waals surface area contributed by atoms with Crippen LogP contribution in [0, 0.1) is 0 Å². The van der Waals surface area contributed by atoms with E-state index < -0.39 is 0 Å². The SMILES string of the molecule is c1ccc2cc(-c3nc(-c4ccc5oc6ccccc6c5c4-n4c5ccccc5c5cc6ccccc6cc54)nc(-c4cccc5sc6ccccc6c45)n3)ccc2c1. The van der Waals surface area contributed by atoms with Gasteiger partial charge in [0.25, 0.3) is 0 Å². The van der Waals surface area contributed by atoms with Crippen LogP contribution in [-0.4, -0.2) is 19.5 Å². The summed E-state index contributed by atoms with van der Waals surface area (Å²) in [5.74, 6) is 1.83. The second-order valence-electron chi connectivity index (χ2n) is 15.1. The van der Waals surface area contributed by atoms with Gasteiger partial charge in [-0.2, -0.15) is 0 Å². The molecule has 0 aliphatic carbocycles. The summed E-state index contributed by atoms with van der Waals surface area (Å²) in [5.41, 5.74) is 7.58. The van der Waals surface area contributed by atoms with Gasteiger partial charge in [0.15, 0.2) is 17.5 Å². The summed E-state index contributed by atoms with van der Waals surface area (Å²) in [6.45, 7) is 0. The van der Waals surface area contributed by atoms with E-state index in [1.54, 1.807) is 11.3 Å². The lowest BCUT2D eigenvalue weighted by molar-refractivity contribution is 0.669. The first-order chi connectivity index (χ1) is 29.2. The van der Waals surface area contributed by atoms with E-state index >= 15 is 0 Å². The molecule has 0 bridgehead atoms. The molecule has 274 valence electrons. The van der Waals surface area contributed by atoms with Crippen molar-refractivity contribution >= 4 is 96.8 Å². The number of furan rings is 1. The van der Waals surface area contributed by atoms with Gasteiger partial charge in [-0.05, 0) is 76.1 Å². The minimum absolute atomic E-state index is 0.587. The van der Waals surface area contributed by atoms with Crippen LogP contribution >= 0.6 is 11.3 Å². The van der Waals surface area contributed by atoms with Gasteiger partial charge in [0, 0.05) is 53.0 Å². The summed E-state index contributed by atoms with van der Waals surface area (Å²) in [6, 6.07) is 64.4. The minimum Gasteiger partial charge on any atom is -0.456 e. The third-order valence-corrected chi connectivity index (χ3v) is 12.9. The summed E-state index contributed by atoms with van der Waals surface area (Å²) >= 11 is 1.80. The molecule has 0 aliphatic heterocycles. The molecule has 0 aliphatic rings. The molecule has 5 nitrogen and oxygen atoms in total. The van der Waals surface area contributed by atoms with Crippen molar-refractivity contribution < 1.29 is 4.42 Å². The normalized spacial score (nSPS) is 12.1. The molecule has 0 radical (unpaired) electrons. The number of rotatable bonds is 4. The van der Waals surface area contributed by atoms with E-state index in [1.165, 1.54) is 41.7 Å². The van der Waals surface area contributed by atoms with Crippen LogP contribution in [0.1, 0.15) is 0 Å².